The van der Waals surface area contributed by atoms with Gasteiger partial charge in [-0.3, -0.25) is 0 Å². The highest BCUT2D eigenvalue weighted by Crippen LogP contribution is 2.46. The van der Waals surface area contributed by atoms with E-state index in [1.165, 1.54) is 0 Å². The minimum atomic E-state index is -0.673. The van der Waals surface area contributed by atoms with Gasteiger partial charge >= 0.3 is 0 Å². The van der Waals surface area contributed by atoms with Crippen LogP contribution in [0.15, 0.2) is 12.1 Å². The summed E-state index contributed by atoms with van der Waals surface area (Å²) in [5.74, 6) is 1.79. The maximum Gasteiger partial charge on any atom is 0.132 e. The van der Waals surface area contributed by atoms with E-state index < -0.39 is 6.10 Å². The summed E-state index contributed by atoms with van der Waals surface area (Å²) in [6, 6.07) is 3.51. The van der Waals surface area contributed by atoms with Gasteiger partial charge in [-0.2, -0.15) is 0 Å². The zero-order valence-electron chi connectivity index (χ0n) is 12.6. The highest BCUT2D eigenvalue weighted by Gasteiger charge is 2.32. The van der Waals surface area contributed by atoms with Crippen molar-refractivity contribution in [3.63, 3.8) is 0 Å². The summed E-state index contributed by atoms with van der Waals surface area (Å²) in [5.41, 5.74) is 0.396. The van der Waals surface area contributed by atoms with Crippen molar-refractivity contribution in [3.05, 3.63) is 17.7 Å². The monoisotopic (exact) mass is 268 g/mol. The molecule has 4 heteroatoms. The summed E-state index contributed by atoms with van der Waals surface area (Å²) in [5, 5.41) is 10.6. The molecule has 1 aromatic rings. The topological polar surface area (TPSA) is 47.9 Å². The third-order valence-corrected chi connectivity index (χ3v) is 3.68. The van der Waals surface area contributed by atoms with Crippen molar-refractivity contribution in [1.29, 1.82) is 0 Å². The number of rotatable bonds is 6. The van der Waals surface area contributed by atoms with Crippen LogP contribution in [0, 0.1) is 5.41 Å². The van der Waals surface area contributed by atoms with Crippen LogP contribution in [0.1, 0.15) is 38.9 Å². The van der Waals surface area contributed by atoms with Gasteiger partial charge in [-0.25, -0.2) is 0 Å². The van der Waals surface area contributed by atoms with Gasteiger partial charge < -0.3 is 19.3 Å². The second-order valence-electron chi connectivity index (χ2n) is 5.19. The largest absolute Gasteiger partial charge is 0.496 e. The lowest BCUT2D eigenvalue weighted by Crippen LogP contribution is -2.22. The minimum Gasteiger partial charge on any atom is -0.496 e. The second-order valence-corrected chi connectivity index (χ2v) is 5.19. The van der Waals surface area contributed by atoms with Crippen LogP contribution in [0.4, 0.5) is 0 Å². The number of methoxy groups -OCH3 is 3. The van der Waals surface area contributed by atoms with Crippen molar-refractivity contribution < 1.29 is 19.3 Å². The Labute approximate surface area is 115 Å². The maximum atomic E-state index is 10.6. The molecular formula is C15H24O4. The van der Waals surface area contributed by atoms with Crippen LogP contribution in [0.5, 0.6) is 17.2 Å². The van der Waals surface area contributed by atoms with Crippen LogP contribution in [0.25, 0.3) is 0 Å². The molecule has 0 aromatic heterocycles. The minimum absolute atomic E-state index is 0.269. The number of aliphatic hydroxyl groups is 1. The molecule has 19 heavy (non-hydrogen) atoms. The molecule has 108 valence electrons. The van der Waals surface area contributed by atoms with E-state index >= 15 is 0 Å². The van der Waals surface area contributed by atoms with Crippen molar-refractivity contribution >= 4 is 0 Å². The first-order valence-corrected chi connectivity index (χ1v) is 6.39. The Morgan fingerprint density at radius 2 is 1.53 bits per heavy atom. The highest BCUT2D eigenvalue weighted by atomic mass is 16.5. The van der Waals surface area contributed by atoms with Crippen molar-refractivity contribution in [3.8, 4) is 17.2 Å². The molecule has 0 amide bonds. The molecule has 4 nitrogen and oxygen atoms in total. The van der Waals surface area contributed by atoms with E-state index in [2.05, 4.69) is 0 Å². The Balaban J connectivity index is 3.39. The Bertz CT molecular complexity index is 401. The molecule has 0 aliphatic carbocycles. The Hall–Kier alpha value is -1.42. The fourth-order valence-electron chi connectivity index (χ4n) is 1.89. The summed E-state index contributed by atoms with van der Waals surface area (Å²) >= 11 is 0. The van der Waals surface area contributed by atoms with Crippen molar-refractivity contribution in [2.24, 2.45) is 5.41 Å². The molecule has 1 atom stereocenters. The number of benzene rings is 1. The molecule has 0 bridgehead atoms. The molecule has 0 fully saturated rings. The Kier molecular flexibility index (Phi) is 5.06. The van der Waals surface area contributed by atoms with Crippen molar-refractivity contribution in [2.75, 3.05) is 21.3 Å². The van der Waals surface area contributed by atoms with Gasteiger partial charge in [0.1, 0.15) is 17.2 Å². The number of ether oxygens (including phenoxy) is 3. The van der Waals surface area contributed by atoms with Crippen LogP contribution in [0.3, 0.4) is 0 Å². The summed E-state index contributed by atoms with van der Waals surface area (Å²) in [6.45, 7) is 6.08. The first-order valence-electron chi connectivity index (χ1n) is 6.39. The van der Waals surface area contributed by atoms with Gasteiger partial charge in [0.25, 0.3) is 0 Å². The molecule has 1 unspecified atom stereocenters. The molecule has 1 rings (SSSR count). The van der Waals surface area contributed by atoms with E-state index in [1.54, 1.807) is 33.5 Å². The van der Waals surface area contributed by atoms with Crippen molar-refractivity contribution in [1.82, 2.24) is 0 Å². The zero-order valence-corrected chi connectivity index (χ0v) is 12.6. The van der Waals surface area contributed by atoms with Crippen LogP contribution >= 0.6 is 0 Å². The Morgan fingerprint density at radius 1 is 1.05 bits per heavy atom. The van der Waals surface area contributed by atoms with E-state index in [0.717, 1.165) is 6.42 Å². The van der Waals surface area contributed by atoms with E-state index in [1.807, 2.05) is 20.8 Å². The summed E-state index contributed by atoms with van der Waals surface area (Å²) < 4.78 is 15.9. The van der Waals surface area contributed by atoms with Gasteiger partial charge in [-0.1, -0.05) is 20.8 Å². The molecule has 0 radical (unpaired) electrons. The van der Waals surface area contributed by atoms with Gasteiger partial charge in [-0.15, -0.1) is 0 Å². The molecule has 0 aliphatic rings. The predicted molar refractivity (Wildman–Crippen MR) is 75.1 cm³/mol. The molecule has 0 heterocycles. The van der Waals surface area contributed by atoms with Gasteiger partial charge in [0.2, 0.25) is 0 Å². The molecule has 1 N–H and O–H groups in total. The van der Waals surface area contributed by atoms with E-state index in [9.17, 15) is 5.11 Å². The maximum absolute atomic E-state index is 10.6. The van der Waals surface area contributed by atoms with Gasteiger partial charge in [0, 0.05) is 12.1 Å². The van der Waals surface area contributed by atoms with Crippen LogP contribution in [-0.4, -0.2) is 26.4 Å². The normalized spacial score (nSPS) is 13.0. The standard InChI is InChI=1S/C15H24O4/c1-7-15(2,3)14(16)13-11(18-5)8-10(17-4)9-12(13)19-6/h8-9,14,16H,7H2,1-6H3. The number of aliphatic hydroxyl groups excluding tert-OH is 1. The molecular weight excluding hydrogens is 244 g/mol. The Morgan fingerprint density at radius 3 is 1.84 bits per heavy atom. The van der Waals surface area contributed by atoms with E-state index in [4.69, 9.17) is 14.2 Å². The summed E-state index contributed by atoms with van der Waals surface area (Å²) in [7, 11) is 4.73. The molecule has 0 saturated heterocycles. The summed E-state index contributed by atoms with van der Waals surface area (Å²) in [4.78, 5) is 0. The van der Waals surface area contributed by atoms with Crippen molar-refractivity contribution in [2.45, 2.75) is 33.3 Å². The predicted octanol–water partition coefficient (Wildman–Crippen LogP) is 3.18. The van der Waals surface area contributed by atoms with E-state index in [0.29, 0.717) is 22.8 Å². The average Bonchev–Trinajstić information content (AvgIpc) is 2.44. The molecule has 0 saturated carbocycles. The van der Waals surface area contributed by atoms with Crippen LogP contribution in [0.2, 0.25) is 0 Å². The zero-order chi connectivity index (χ0) is 14.6. The lowest BCUT2D eigenvalue weighted by atomic mass is 9.80. The lowest BCUT2D eigenvalue weighted by Gasteiger charge is -2.31. The van der Waals surface area contributed by atoms with E-state index in [-0.39, 0.29) is 5.41 Å². The lowest BCUT2D eigenvalue weighted by molar-refractivity contribution is 0.0424. The number of hydrogen-bond donors (Lipinski definition) is 1. The van der Waals surface area contributed by atoms with Crippen LogP contribution < -0.4 is 14.2 Å². The van der Waals surface area contributed by atoms with Gasteiger partial charge in [0.15, 0.2) is 0 Å². The van der Waals surface area contributed by atoms with Gasteiger partial charge in [0.05, 0.1) is 33.0 Å². The molecule has 0 spiro atoms. The third kappa shape index (κ3) is 3.13. The van der Waals surface area contributed by atoms with Gasteiger partial charge in [-0.05, 0) is 11.8 Å². The number of hydrogen-bond acceptors (Lipinski definition) is 4. The summed E-state index contributed by atoms with van der Waals surface area (Å²) in [6.07, 6.45) is 0.167. The second kappa shape index (κ2) is 6.15. The fourth-order valence-corrected chi connectivity index (χ4v) is 1.89. The average molecular weight is 268 g/mol. The smallest absolute Gasteiger partial charge is 0.132 e. The third-order valence-electron chi connectivity index (χ3n) is 3.68. The van der Waals surface area contributed by atoms with Crippen LogP contribution in [-0.2, 0) is 0 Å². The first-order chi connectivity index (χ1) is 8.91. The first kappa shape index (κ1) is 15.6. The molecule has 1 aromatic carbocycles. The quantitative estimate of drug-likeness (QED) is 0.860. The highest BCUT2D eigenvalue weighted by molar-refractivity contribution is 5.52. The fraction of sp³-hybridized carbons (Fsp3) is 0.600. The molecule has 0 aliphatic heterocycles. The SMILES string of the molecule is CCC(C)(C)C(O)c1c(OC)cc(OC)cc1OC.